The minimum Gasteiger partial charge on any atom is -0.493 e. The molecule has 2 fully saturated rings. The minimum atomic E-state index is -3.72. The van der Waals surface area contributed by atoms with Crippen molar-refractivity contribution in [2.75, 3.05) is 32.8 Å². The van der Waals surface area contributed by atoms with Crippen LogP contribution in [0.2, 0.25) is 0 Å². The van der Waals surface area contributed by atoms with Gasteiger partial charge in [-0.2, -0.15) is 9.40 Å². The lowest BCUT2D eigenvalue weighted by Gasteiger charge is -2.39. The quantitative estimate of drug-likeness (QED) is 0.465. The summed E-state index contributed by atoms with van der Waals surface area (Å²) < 4.78 is 36.4. The number of H-pyrrole nitrogens is 1. The number of likely N-dealkylation sites (tertiary alicyclic amines) is 1. The van der Waals surface area contributed by atoms with E-state index in [1.165, 1.54) is 19.3 Å². The molecule has 2 aliphatic heterocycles. The Morgan fingerprint density at radius 2 is 1.82 bits per heavy atom. The van der Waals surface area contributed by atoms with Crippen molar-refractivity contribution < 1.29 is 13.2 Å². The highest BCUT2D eigenvalue weighted by molar-refractivity contribution is 7.89. The molecule has 4 heterocycles. The Balaban J connectivity index is 1.48. The molecule has 1 aromatic carbocycles. The van der Waals surface area contributed by atoms with E-state index in [1.807, 2.05) is 13.8 Å². The van der Waals surface area contributed by atoms with Crippen LogP contribution in [0.4, 0.5) is 0 Å². The summed E-state index contributed by atoms with van der Waals surface area (Å²) in [7, 11) is -1.99. The van der Waals surface area contributed by atoms with E-state index in [0.29, 0.717) is 54.5 Å². The molecule has 1 N–H and O–H groups in total. The fraction of sp³-hybridized carbons (Fsp3) is 0.593. The van der Waals surface area contributed by atoms with Crippen molar-refractivity contribution in [3.63, 3.8) is 0 Å². The first kappa shape index (κ1) is 26.8. The monoisotopic (exact) mass is 542 g/mol. The first-order valence-corrected chi connectivity index (χ1v) is 15.2. The third kappa shape index (κ3) is 5.11. The lowest BCUT2D eigenvalue weighted by molar-refractivity contribution is 0.118. The average Bonchev–Trinajstić information content (AvgIpc) is 3.25. The van der Waals surface area contributed by atoms with Crippen LogP contribution >= 0.6 is 0 Å². The summed E-state index contributed by atoms with van der Waals surface area (Å²) in [5.74, 6) is 0.746. The predicted molar refractivity (Wildman–Crippen MR) is 147 cm³/mol. The van der Waals surface area contributed by atoms with Crippen molar-refractivity contribution in [2.24, 2.45) is 7.05 Å². The van der Waals surface area contributed by atoms with Crippen molar-refractivity contribution in [2.45, 2.75) is 69.7 Å². The number of aromatic nitrogens is 4. The van der Waals surface area contributed by atoms with E-state index in [0.717, 1.165) is 38.0 Å². The van der Waals surface area contributed by atoms with Gasteiger partial charge in [0.1, 0.15) is 17.1 Å². The Bertz CT molecular complexity index is 1450. The molecule has 2 aliphatic rings. The molecule has 2 saturated heterocycles. The Labute approximate surface area is 224 Å². The number of rotatable bonds is 8. The maximum absolute atomic E-state index is 13.7. The second-order valence-electron chi connectivity index (χ2n) is 10.3. The SMILES string of the molecule is CCCc1nn(C)c2c(=O)[nH]c(-c3cc(S(=O)(=O)N4CCC(N5CCCCC5)CC4)ccc3OCC)nc12. The third-order valence-corrected chi connectivity index (χ3v) is 9.62. The van der Waals surface area contributed by atoms with Gasteiger partial charge in [-0.15, -0.1) is 0 Å². The molecule has 206 valence electrons. The van der Waals surface area contributed by atoms with E-state index < -0.39 is 10.0 Å². The highest BCUT2D eigenvalue weighted by Gasteiger charge is 2.32. The zero-order valence-electron chi connectivity index (χ0n) is 22.6. The fourth-order valence-electron chi connectivity index (χ4n) is 5.80. The number of fused-ring (bicyclic) bond motifs is 1. The molecule has 11 heteroatoms. The highest BCUT2D eigenvalue weighted by Crippen LogP contribution is 2.33. The van der Waals surface area contributed by atoms with Crippen LogP contribution in [0, 0.1) is 0 Å². The van der Waals surface area contributed by atoms with Crippen LogP contribution in [0.25, 0.3) is 22.4 Å². The first-order chi connectivity index (χ1) is 18.3. The van der Waals surface area contributed by atoms with Crippen LogP contribution in [0.3, 0.4) is 0 Å². The molecule has 5 rings (SSSR count). The molecule has 38 heavy (non-hydrogen) atoms. The molecule has 3 aromatic rings. The van der Waals surface area contributed by atoms with Gasteiger partial charge < -0.3 is 14.6 Å². The maximum atomic E-state index is 13.7. The van der Waals surface area contributed by atoms with Crippen LogP contribution in [-0.4, -0.2) is 76.2 Å². The summed E-state index contributed by atoms with van der Waals surface area (Å²) in [5.41, 5.74) is 1.80. The zero-order chi connectivity index (χ0) is 26.9. The second-order valence-corrected chi connectivity index (χ2v) is 12.2. The number of nitrogens with zero attached hydrogens (tertiary/aromatic N) is 5. The van der Waals surface area contributed by atoms with Gasteiger partial charge in [0.05, 0.1) is 22.8 Å². The molecule has 0 unspecified atom stereocenters. The molecule has 0 bridgehead atoms. The van der Waals surface area contributed by atoms with Gasteiger partial charge in [-0.3, -0.25) is 9.48 Å². The van der Waals surface area contributed by atoms with Gasteiger partial charge in [-0.05, 0) is 70.3 Å². The molecule has 0 amide bonds. The van der Waals surface area contributed by atoms with E-state index in [4.69, 9.17) is 9.72 Å². The maximum Gasteiger partial charge on any atom is 0.277 e. The fourth-order valence-corrected chi connectivity index (χ4v) is 7.29. The van der Waals surface area contributed by atoms with Gasteiger partial charge >= 0.3 is 0 Å². The third-order valence-electron chi connectivity index (χ3n) is 7.72. The van der Waals surface area contributed by atoms with Crippen molar-refractivity contribution >= 4 is 21.1 Å². The summed E-state index contributed by atoms with van der Waals surface area (Å²) in [5, 5.41) is 4.49. The molecular formula is C27H38N6O4S. The van der Waals surface area contributed by atoms with Gasteiger partial charge in [0.2, 0.25) is 10.0 Å². The first-order valence-electron chi connectivity index (χ1n) is 13.8. The van der Waals surface area contributed by atoms with E-state index in [2.05, 4.69) is 15.0 Å². The number of piperidine rings is 2. The summed E-state index contributed by atoms with van der Waals surface area (Å²) in [6, 6.07) is 5.28. The number of ether oxygens (including phenoxy) is 1. The van der Waals surface area contributed by atoms with Crippen LogP contribution in [0.5, 0.6) is 5.75 Å². The van der Waals surface area contributed by atoms with Gasteiger partial charge in [0, 0.05) is 26.2 Å². The van der Waals surface area contributed by atoms with Crippen molar-refractivity contribution in [1.29, 1.82) is 0 Å². The molecule has 0 aliphatic carbocycles. The highest BCUT2D eigenvalue weighted by atomic mass is 32.2. The van der Waals surface area contributed by atoms with Crippen LogP contribution in [0.1, 0.15) is 58.1 Å². The second kappa shape index (κ2) is 11.2. The number of hydrogen-bond donors (Lipinski definition) is 1. The number of benzene rings is 1. The van der Waals surface area contributed by atoms with Gasteiger partial charge in [0.25, 0.3) is 5.56 Å². The molecule has 10 nitrogen and oxygen atoms in total. The molecule has 0 atom stereocenters. The molecular weight excluding hydrogens is 504 g/mol. The van der Waals surface area contributed by atoms with Crippen LogP contribution in [-0.2, 0) is 23.5 Å². The van der Waals surface area contributed by atoms with E-state index in [-0.39, 0.29) is 16.3 Å². The summed E-state index contributed by atoms with van der Waals surface area (Å²) in [6.07, 6.45) is 6.99. The zero-order valence-corrected chi connectivity index (χ0v) is 23.4. The Hall–Kier alpha value is -2.76. The van der Waals surface area contributed by atoms with Crippen molar-refractivity contribution in [1.82, 2.24) is 29.0 Å². The molecule has 0 spiro atoms. The summed E-state index contributed by atoms with van der Waals surface area (Å²) >= 11 is 0. The summed E-state index contributed by atoms with van der Waals surface area (Å²) in [4.78, 5) is 23.3. The minimum absolute atomic E-state index is 0.176. The molecule has 2 aromatic heterocycles. The smallest absolute Gasteiger partial charge is 0.277 e. The number of sulfonamides is 1. The molecule has 0 saturated carbocycles. The lowest BCUT2D eigenvalue weighted by atomic mass is 10.0. The topological polar surface area (TPSA) is 113 Å². The van der Waals surface area contributed by atoms with E-state index in [1.54, 1.807) is 34.2 Å². The van der Waals surface area contributed by atoms with E-state index in [9.17, 15) is 13.2 Å². The lowest BCUT2D eigenvalue weighted by Crippen LogP contribution is -2.48. The number of aryl methyl sites for hydroxylation is 2. The van der Waals surface area contributed by atoms with Crippen molar-refractivity contribution in [3.8, 4) is 17.1 Å². The normalized spacial score (nSPS) is 18.3. The Morgan fingerprint density at radius 3 is 2.50 bits per heavy atom. The van der Waals surface area contributed by atoms with E-state index >= 15 is 0 Å². The Morgan fingerprint density at radius 1 is 1.08 bits per heavy atom. The number of nitrogens with one attached hydrogen (secondary N) is 1. The molecule has 0 radical (unpaired) electrons. The van der Waals surface area contributed by atoms with Gasteiger partial charge in [-0.25, -0.2) is 13.4 Å². The van der Waals surface area contributed by atoms with Crippen LogP contribution in [0.15, 0.2) is 27.9 Å². The van der Waals surface area contributed by atoms with Crippen LogP contribution < -0.4 is 10.3 Å². The number of hydrogen-bond acceptors (Lipinski definition) is 7. The van der Waals surface area contributed by atoms with Gasteiger partial charge in [0.15, 0.2) is 5.52 Å². The van der Waals surface area contributed by atoms with Gasteiger partial charge in [-0.1, -0.05) is 19.8 Å². The van der Waals surface area contributed by atoms with Crippen molar-refractivity contribution in [3.05, 3.63) is 34.2 Å². The largest absolute Gasteiger partial charge is 0.493 e. The average molecular weight is 543 g/mol. The predicted octanol–water partition coefficient (Wildman–Crippen LogP) is 3.31. The number of aromatic amines is 1. The standard InChI is InChI=1S/C27H38N6O4S/c1-4-9-22-24-25(31(3)30-22)27(34)29-26(28-24)21-18-20(10-11-23(21)37-5-2)38(35,36)33-16-12-19(13-17-33)32-14-7-6-8-15-32/h10-11,18-19H,4-9,12-17H2,1-3H3,(H,28,29,34). The Kier molecular flexibility index (Phi) is 7.88. The summed E-state index contributed by atoms with van der Waals surface area (Å²) in [6.45, 7) is 7.54.